The van der Waals surface area contributed by atoms with Crippen LogP contribution >= 0.6 is 0 Å². The third-order valence-electron chi connectivity index (χ3n) is 13.6. The second kappa shape index (κ2) is 19.8. The lowest BCUT2D eigenvalue weighted by atomic mass is 10.0. The maximum atomic E-state index is 13.7. The van der Waals surface area contributed by atoms with E-state index in [0.29, 0.717) is 13.1 Å². The molecule has 15 heteroatoms. The summed E-state index contributed by atoms with van der Waals surface area (Å²) in [5, 5.41) is 5.45. The van der Waals surface area contributed by atoms with Gasteiger partial charge in [0.15, 0.2) is 0 Å². The number of methoxy groups -OCH3 is 2. The zero-order valence-electron chi connectivity index (χ0n) is 39.0. The van der Waals surface area contributed by atoms with Crippen molar-refractivity contribution < 1.29 is 28.7 Å². The van der Waals surface area contributed by atoms with E-state index < -0.39 is 24.3 Å². The predicted molar refractivity (Wildman–Crippen MR) is 252 cm³/mol. The minimum atomic E-state index is -0.692. The van der Waals surface area contributed by atoms with E-state index in [-0.39, 0.29) is 47.8 Å². The summed E-state index contributed by atoms with van der Waals surface area (Å²) in [4.78, 5) is 74.3. The number of aryl methyl sites for hydroxylation is 1. The molecule has 4 N–H and O–H groups in total. The first kappa shape index (κ1) is 45.9. The van der Waals surface area contributed by atoms with Gasteiger partial charge >= 0.3 is 12.2 Å². The lowest BCUT2D eigenvalue weighted by Crippen LogP contribution is -2.51. The molecule has 0 spiro atoms. The summed E-state index contributed by atoms with van der Waals surface area (Å²) in [7, 11) is 2.60. The van der Waals surface area contributed by atoms with Gasteiger partial charge in [-0.15, -0.1) is 0 Å². The molecule has 3 fully saturated rings. The van der Waals surface area contributed by atoms with Gasteiger partial charge in [0.2, 0.25) is 11.8 Å². The van der Waals surface area contributed by atoms with E-state index in [1.165, 1.54) is 36.6 Å². The summed E-state index contributed by atoms with van der Waals surface area (Å²) in [6.45, 7) is 11.0. The number of hydrogen-bond acceptors (Lipinski definition) is 9. The number of anilines is 1. The second-order valence-corrected chi connectivity index (χ2v) is 18.6. The molecule has 0 aliphatic carbocycles. The number of likely N-dealkylation sites (tertiary alicyclic amines) is 2. The zero-order valence-corrected chi connectivity index (χ0v) is 39.0. The molecular weight excluding hydrogens is 835 g/mol. The Kier molecular flexibility index (Phi) is 13.8. The number of nitrogens with zero attached hydrogens (tertiary/aromatic N) is 5. The molecule has 4 amide bonds. The summed E-state index contributed by atoms with van der Waals surface area (Å²) < 4.78 is 9.60. The number of imidazole rings is 2. The van der Waals surface area contributed by atoms with Gasteiger partial charge in [0.25, 0.3) is 0 Å². The SMILES string of the molecule is COC(=O)NC(C(=O)N1CCCC1c1ncc(-c2ccc(C3CCC(c4ccc(-c5cnc(C6CCCN6C(=O)C(NC(=O)OC)C(C)C)[nH]5)cc4)N3c3ccc(C)cc3)cc2)[nH]1)C(C)C. The number of H-pyrrole nitrogens is 2. The van der Waals surface area contributed by atoms with E-state index in [0.717, 1.165) is 72.7 Å². The average molecular weight is 898 g/mol. The predicted octanol–water partition coefficient (Wildman–Crippen LogP) is 8.95. The molecule has 0 radical (unpaired) electrons. The molecule has 0 bridgehead atoms. The first-order chi connectivity index (χ1) is 31.8. The summed E-state index contributed by atoms with van der Waals surface area (Å²) in [5.41, 5.74) is 8.64. The maximum absolute atomic E-state index is 13.7. The second-order valence-electron chi connectivity index (χ2n) is 18.6. The Balaban J connectivity index is 0.975. The van der Waals surface area contributed by atoms with Crippen molar-refractivity contribution in [2.45, 2.75) is 109 Å². The fraction of sp³-hybridized carbons (Fsp3) is 0.451. The van der Waals surface area contributed by atoms with Crippen LogP contribution in [-0.4, -0.2) is 93.1 Å². The molecule has 6 unspecified atom stereocenters. The van der Waals surface area contributed by atoms with Crippen LogP contribution in [0.4, 0.5) is 15.3 Å². The number of rotatable bonds is 13. The van der Waals surface area contributed by atoms with Crippen molar-refractivity contribution in [3.63, 3.8) is 0 Å². The Hall–Kier alpha value is -6.64. The van der Waals surface area contributed by atoms with Gasteiger partial charge in [-0.3, -0.25) is 9.59 Å². The number of amides is 4. The monoisotopic (exact) mass is 897 g/mol. The Labute approximate surface area is 387 Å². The van der Waals surface area contributed by atoms with Gasteiger partial charge in [-0.1, -0.05) is 93.9 Å². The molecule has 8 rings (SSSR count). The molecular formula is C51H63N9O6. The van der Waals surface area contributed by atoms with Gasteiger partial charge in [0.1, 0.15) is 23.7 Å². The van der Waals surface area contributed by atoms with Crippen LogP contribution in [0.1, 0.15) is 119 Å². The van der Waals surface area contributed by atoms with Gasteiger partial charge in [0.05, 0.1) is 62.2 Å². The molecule has 5 heterocycles. The highest BCUT2D eigenvalue weighted by Crippen LogP contribution is 2.47. The van der Waals surface area contributed by atoms with Crippen LogP contribution in [0.15, 0.2) is 85.2 Å². The zero-order chi connectivity index (χ0) is 46.6. The topological polar surface area (TPSA) is 178 Å². The number of aromatic nitrogens is 4. The molecule has 2 aromatic heterocycles. The van der Waals surface area contributed by atoms with Crippen molar-refractivity contribution >= 4 is 29.7 Å². The Morgan fingerprint density at radius 1 is 0.591 bits per heavy atom. The summed E-state index contributed by atoms with van der Waals surface area (Å²) in [6, 6.07) is 24.8. The minimum absolute atomic E-state index is 0.109. The van der Waals surface area contributed by atoms with Gasteiger partial charge in [-0.2, -0.15) is 0 Å². The van der Waals surface area contributed by atoms with Crippen LogP contribution in [0.25, 0.3) is 22.5 Å². The number of aromatic amines is 2. The minimum Gasteiger partial charge on any atom is -0.453 e. The number of benzene rings is 3. The van der Waals surface area contributed by atoms with Crippen LogP contribution < -0.4 is 15.5 Å². The van der Waals surface area contributed by atoms with Crippen LogP contribution in [0.3, 0.4) is 0 Å². The number of carbonyl (C=O) groups is 4. The van der Waals surface area contributed by atoms with Crippen molar-refractivity contribution in [2.24, 2.45) is 11.8 Å². The van der Waals surface area contributed by atoms with E-state index in [1.54, 1.807) is 0 Å². The molecule has 3 aliphatic heterocycles. The van der Waals surface area contributed by atoms with Crippen molar-refractivity contribution in [1.82, 2.24) is 40.4 Å². The van der Waals surface area contributed by atoms with Crippen LogP contribution in [-0.2, 0) is 19.1 Å². The Morgan fingerprint density at radius 3 is 1.38 bits per heavy atom. The number of hydrogen-bond donors (Lipinski definition) is 4. The molecule has 5 aromatic rings. The fourth-order valence-corrected chi connectivity index (χ4v) is 10.0. The lowest BCUT2D eigenvalue weighted by Gasteiger charge is -2.33. The molecule has 15 nitrogen and oxygen atoms in total. The van der Waals surface area contributed by atoms with Crippen molar-refractivity contribution in [3.8, 4) is 22.5 Å². The summed E-state index contributed by atoms with van der Waals surface area (Å²) >= 11 is 0. The molecule has 0 saturated carbocycles. The smallest absolute Gasteiger partial charge is 0.407 e. The molecule has 3 aliphatic rings. The lowest BCUT2D eigenvalue weighted by molar-refractivity contribution is -0.136. The van der Waals surface area contributed by atoms with Gasteiger partial charge in [-0.05, 0) is 91.7 Å². The van der Waals surface area contributed by atoms with E-state index in [4.69, 9.17) is 19.4 Å². The first-order valence-corrected chi connectivity index (χ1v) is 23.3. The van der Waals surface area contributed by atoms with E-state index >= 15 is 0 Å². The highest BCUT2D eigenvalue weighted by molar-refractivity contribution is 5.87. The number of carbonyl (C=O) groups excluding carboxylic acids is 4. The third kappa shape index (κ3) is 9.52. The highest BCUT2D eigenvalue weighted by atomic mass is 16.5. The van der Waals surface area contributed by atoms with Crippen molar-refractivity contribution in [3.05, 3.63) is 114 Å². The summed E-state index contributed by atoms with van der Waals surface area (Å²) in [6.07, 6.45) is 7.68. The largest absolute Gasteiger partial charge is 0.453 e. The molecule has 6 atom stereocenters. The highest BCUT2D eigenvalue weighted by Gasteiger charge is 2.40. The molecule has 3 aromatic carbocycles. The van der Waals surface area contributed by atoms with E-state index in [2.05, 4.69) is 105 Å². The number of nitrogens with one attached hydrogen (secondary N) is 4. The Bertz CT molecular complexity index is 2330. The van der Waals surface area contributed by atoms with Crippen molar-refractivity contribution in [1.29, 1.82) is 0 Å². The van der Waals surface area contributed by atoms with Gasteiger partial charge < -0.3 is 44.8 Å². The van der Waals surface area contributed by atoms with Crippen molar-refractivity contribution in [2.75, 3.05) is 32.2 Å². The average Bonchev–Trinajstić information content (AvgIpc) is 4.19. The standard InChI is InChI=1S/C51H63N9O6/c1-30(2)44(56-50(63)65-6)48(61)58-26-8-10-42(58)46-52-28-38(54-46)33-14-18-35(19-15-33)40-24-25-41(60(40)37-22-12-32(5)13-23-37)36-20-16-34(17-21-36)39-29-53-47(55-39)43-11-9-27-59(43)49(62)45(31(3)4)57-51(64)66-7/h12-23,28-31,40-45H,8-11,24-27H2,1-7H3,(H,52,54)(H,53,55)(H,56,63)(H,57,64). The van der Waals surface area contributed by atoms with E-state index in [1.807, 2.05) is 49.9 Å². The Morgan fingerprint density at radius 2 is 1.00 bits per heavy atom. The van der Waals surface area contributed by atoms with E-state index in [9.17, 15) is 19.2 Å². The first-order valence-electron chi connectivity index (χ1n) is 23.3. The maximum Gasteiger partial charge on any atom is 0.407 e. The van der Waals surface area contributed by atoms with Crippen LogP contribution in [0.2, 0.25) is 0 Å². The van der Waals surface area contributed by atoms with Gasteiger partial charge in [-0.25, -0.2) is 19.6 Å². The molecule has 3 saturated heterocycles. The third-order valence-corrected chi connectivity index (χ3v) is 13.6. The molecule has 348 valence electrons. The quantitative estimate of drug-likeness (QED) is 0.0899. The van der Waals surface area contributed by atoms with Gasteiger partial charge in [0, 0.05) is 18.8 Å². The number of alkyl carbamates (subject to hydrolysis) is 2. The summed E-state index contributed by atoms with van der Waals surface area (Å²) in [5.74, 6) is 0.994. The van der Waals surface area contributed by atoms with Crippen LogP contribution in [0, 0.1) is 18.8 Å². The fourth-order valence-electron chi connectivity index (χ4n) is 10.0. The van der Waals surface area contributed by atoms with Crippen LogP contribution in [0.5, 0.6) is 0 Å². The molecule has 66 heavy (non-hydrogen) atoms. The normalized spacial score (nSPS) is 20.5. The number of ether oxygens (including phenoxy) is 2.